The zero-order chi connectivity index (χ0) is 23.1. The number of ether oxygens (including phenoxy) is 1. The summed E-state index contributed by atoms with van der Waals surface area (Å²) in [6, 6.07) is 12.3. The fourth-order valence-corrected chi connectivity index (χ4v) is 5.59. The molecule has 0 aromatic heterocycles. The Bertz CT molecular complexity index is 1090. The number of nitrogens with one attached hydrogen (secondary N) is 1. The largest absolute Gasteiger partial charge is 0.481 e. The van der Waals surface area contributed by atoms with Crippen LogP contribution in [0.15, 0.2) is 47.4 Å². The first-order valence-corrected chi connectivity index (χ1v) is 12.3. The summed E-state index contributed by atoms with van der Waals surface area (Å²) >= 11 is 0. The normalized spacial score (nSPS) is 16.8. The number of piperidine rings is 1. The van der Waals surface area contributed by atoms with Crippen molar-refractivity contribution in [2.24, 2.45) is 0 Å². The number of aryl methyl sites for hydroxylation is 1. The van der Waals surface area contributed by atoms with Gasteiger partial charge < -0.3 is 10.1 Å². The van der Waals surface area contributed by atoms with Gasteiger partial charge in [-0.1, -0.05) is 30.5 Å². The van der Waals surface area contributed by atoms with Crippen molar-refractivity contribution < 1.29 is 17.9 Å². The lowest BCUT2D eigenvalue weighted by Gasteiger charge is -2.32. The first-order chi connectivity index (χ1) is 15.3. The van der Waals surface area contributed by atoms with Crippen LogP contribution in [-0.2, 0) is 16.4 Å². The molecule has 32 heavy (non-hydrogen) atoms. The van der Waals surface area contributed by atoms with Crippen molar-refractivity contribution in [2.75, 3.05) is 19.7 Å². The van der Waals surface area contributed by atoms with Gasteiger partial charge in [0, 0.05) is 24.7 Å². The van der Waals surface area contributed by atoms with Gasteiger partial charge >= 0.3 is 0 Å². The molecule has 1 N–H and O–H groups in total. The van der Waals surface area contributed by atoms with Crippen LogP contribution in [-0.4, -0.2) is 44.4 Å². The average molecular weight is 455 g/mol. The summed E-state index contributed by atoms with van der Waals surface area (Å²) in [7, 11) is -3.63. The van der Waals surface area contributed by atoms with E-state index < -0.39 is 10.0 Å². The quantitative estimate of drug-likeness (QED) is 0.619. The molecule has 1 amide bonds. The Balaban J connectivity index is 1.65. The molecule has 6 nitrogen and oxygen atoms in total. The number of sulfonamides is 1. The van der Waals surface area contributed by atoms with E-state index in [1.54, 1.807) is 16.4 Å². The lowest BCUT2D eigenvalue weighted by Crippen LogP contribution is -2.42. The van der Waals surface area contributed by atoms with Gasteiger partial charge in [-0.3, -0.25) is 4.79 Å². The standard InChI is InChI=1S/C25H30N2O4S/c1-4-17-31-22-11-9-21(10-12-22)14-15-26-25(28)24-18-23(13-8-19(24)2)32(29,30)27-16-6-5-7-20(27)3/h1,8-13,18,20H,5-7,14-17H2,2-3H3,(H,26,28). The van der Waals surface area contributed by atoms with Crippen LogP contribution < -0.4 is 10.1 Å². The first-order valence-electron chi connectivity index (χ1n) is 10.9. The monoisotopic (exact) mass is 454 g/mol. The van der Waals surface area contributed by atoms with Gasteiger partial charge in [0.05, 0.1) is 4.90 Å². The van der Waals surface area contributed by atoms with Gasteiger partial charge in [-0.2, -0.15) is 4.31 Å². The van der Waals surface area contributed by atoms with Gasteiger partial charge in [0.25, 0.3) is 5.91 Å². The van der Waals surface area contributed by atoms with Crippen LogP contribution in [0, 0.1) is 19.3 Å². The van der Waals surface area contributed by atoms with Crippen molar-refractivity contribution in [2.45, 2.75) is 50.5 Å². The summed E-state index contributed by atoms with van der Waals surface area (Å²) in [4.78, 5) is 13.0. The smallest absolute Gasteiger partial charge is 0.251 e. The molecule has 0 spiro atoms. The Morgan fingerprint density at radius 1 is 1.22 bits per heavy atom. The second-order valence-electron chi connectivity index (χ2n) is 8.08. The Kier molecular flexibility index (Phi) is 7.94. The van der Waals surface area contributed by atoms with Crippen molar-refractivity contribution in [3.63, 3.8) is 0 Å². The van der Waals surface area contributed by atoms with E-state index in [2.05, 4.69) is 11.2 Å². The Morgan fingerprint density at radius 2 is 1.97 bits per heavy atom. The Labute approximate surface area is 191 Å². The van der Waals surface area contributed by atoms with Gasteiger partial charge in [-0.25, -0.2) is 8.42 Å². The highest BCUT2D eigenvalue weighted by molar-refractivity contribution is 7.89. The molecular weight excluding hydrogens is 424 g/mol. The molecule has 0 aliphatic carbocycles. The molecule has 2 aromatic carbocycles. The lowest BCUT2D eigenvalue weighted by molar-refractivity contribution is 0.0953. The summed E-state index contributed by atoms with van der Waals surface area (Å²) in [6.45, 7) is 4.92. The summed E-state index contributed by atoms with van der Waals surface area (Å²) < 4.78 is 33.2. The first kappa shape index (κ1) is 23.8. The molecule has 1 unspecified atom stereocenters. The van der Waals surface area contributed by atoms with Gasteiger partial charge in [0.2, 0.25) is 10.0 Å². The summed E-state index contributed by atoms with van der Waals surface area (Å²) in [6.07, 6.45) is 8.58. The molecule has 1 fully saturated rings. The number of hydrogen-bond acceptors (Lipinski definition) is 4. The molecule has 0 saturated carbocycles. The van der Waals surface area contributed by atoms with Crippen molar-refractivity contribution >= 4 is 15.9 Å². The third kappa shape index (κ3) is 5.70. The molecule has 1 aliphatic heterocycles. The minimum absolute atomic E-state index is 0.0318. The van der Waals surface area contributed by atoms with E-state index in [4.69, 9.17) is 11.2 Å². The van der Waals surface area contributed by atoms with Crippen molar-refractivity contribution in [1.82, 2.24) is 9.62 Å². The molecule has 1 aliphatic rings. The van der Waals surface area contributed by atoms with Crippen LogP contribution in [0.3, 0.4) is 0 Å². The molecule has 1 saturated heterocycles. The molecule has 7 heteroatoms. The maximum absolute atomic E-state index is 13.1. The second kappa shape index (κ2) is 10.7. The van der Waals surface area contributed by atoms with Gasteiger partial charge in [-0.15, -0.1) is 6.42 Å². The van der Waals surface area contributed by atoms with Crippen LogP contribution in [0.4, 0.5) is 0 Å². The SMILES string of the molecule is C#CCOc1ccc(CCNC(=O)c2cc(S(=O)(=O)N3CCCCC3C)ccc2C)cc1. The summed E-state index contributed by atoms with van der Waals surface area (Å²) in [5, 5.41) is 2.90. The number of terminal acetylenes is 1. The average Bonchev–Trinajstić information content (AvgIpc) is 2.78. The Morgan fingerprint density at radius 3 is 2.66 bits per heavy atom. The van der Waals surface area contributed by atoms with E-state index in [9.17, 15) is 13.2 Å². The maximum Gasteiger partial charge on any atom is 0.251 e. The predicted octanol–water partition coefficient (Wildman–Crippen LogP) is 3.54. The molecular formula is C25H30N2O4S. The fourth-order valence-electron chi connectivity index (χ4n) is 3.86. The van der Waals surface area contributed by atoms with Gasteiger partial charge in [0.1, 0.15) is 12.4 Å². The van der Waals surface area contributed by atoms with Crippen LogP contribution >= 0.6 is 0 Å². The number of nitrogens with zero attached hydrogens (tertiary/aromatic N) is 1. The van der Waals surface area contributed by atoms with Crippen LogP contribution in [0.2, 0.25) is 0 Å². The number of carbonyl (C=O) groups excluding carboxylic acids is 1. The highest BCUT2D eigenvalue weighted by atomic mass is 32.2. The maximum atomic E-state index is 13.1. The van der Waals surface area contributed by atoms with Gasteiger partial charge in [0.15, 0.2) is 0 Å². The third-order valence-electron chi connectivity index (χ3n) is 5.75. The molecule has 1 atom stereocenters. The second-order valence-corrected chi connectivity index (χ2v) is 9.97. The summed E-state index contributed by atoms with van der Waals surface area (Å²) in [5.41, 5.74) is 2.17. The zero-order valence-electron chi connectivity index (χ0n) is 18.6. The minimum atomic E-state index is -3.63. The molecule has 3 rings (SSSR count). The van der Waals surface area contributed by atoms with E-state index in [1.807, 2.05) is 38.1 Å². The van der Waals surface area contributed by atoms with E-state index in [1.165, 1.54) is 6.07 Å². The number of amides is 1. The molecule has 0 bridgehead atoms. The highest BCUT2D eigenvalue weighted by Crippen LogP contribution is 2.26. The van der Waals surface area contributed by atoms with E-state index in [0.29, 0.717) is 30.8 Å². The van der Waals surface area contributed by atoms with Crippen LogP contribution in [0.25, 0.3) is 0 Å². The molecule has 2 aromatic rings. The highest BCUT2D eigenvalue weighted by Gasteiger charge is 2.31. The van der Waals surface area contributed by atoms with Crippen molar-refractivity contribution in [3.05, 3.63) is 59.2 Å². The lowest BCUT2D eigenvalue weighted by atomic mass is 10.1. The van der Waals surface area contributed by atoms with Crippen molar-refractivity contribution in [3.8, 4) is 18.1 Å². The number of carbonyl (C=O) groups is 1. The van der Waals surface area contributed by atoms with Crippen LogP contribution in [0.1, 0.15) is 47.7 Å². The predicted molar refractivity (Wildman–Crippen MR) is 125 cm³/mol. The van der Waals surface area contributed by atoms with E-state index >= 15 is 0 Å². The molecule has 170 valence electrons. The zero-order valence-corrected chi connectivity index (χ0v) is 19.5. The van der Waals surface area contributed by atoms with E-state index in [-0.39, 0.29) is 23.5 Å². The van der Waals surface area contributed by atoms with E-state index in [0.717, 1.165) is 30.4 Å². The number of rotatable bonds is 8. The Hall–Kier alpha value is -2.82. The molecule has 1 heterocycles. The number of benzene rings is 2. The fraction of sp³-hybridized carbons (Fsp3) is 0.400. The third-order valence-corrected chi connectivity index (χ3v) is 7.76. The topological polar surface area (TPSA) is 75.7 Å². The van der Waals surface area contributed by atoms with Crippen LogP contribution in [0.5, 0.6) is 5.75 Å². The van der Waals surface area contributed by atoms with Crippen molar-refractivity contribution in [1.29, 1.82) is 0 Å². The van der Waals surface area contributed by atoms with Gasteiger partial charge in [-0.05, 0) is 68.5 Å². The summed E-state index contributed by atoms with van der Waals surface area (Å²) in [5.74, 6) is 2.85. The minimum Gasteiger partial charge on any atom is -0.481 e. The number of hydrogen-bond donors (Lipinski definition) is 1. The molecule has 0 radical (unpaired) electrons.